The summed E-state index contributed by atoms with van der Waals surface area (Å²) in [7, 11) is -0.866. The van der Waals surface area contributed by atoms with Gasteiger partial charge in [-0.1, -0.05) is 12.8 Å². The van der Waals surface area contributed by atoms with Gasteiger partial charge in [-0.25, -0.2) is 17.9 Å². The zero-order valence-electron chi connectivity index (χ0n) is 17.1. The van der Waals surface area contributed by atoms with E-state index in [0.29, 0.717) is 24.3 Å². The van der Waals surface area contributed by atoms with Crippen LogP contribution < -0.4 is 19.5 Å². The predicted octanol–water partition coefficient (Wildman–Crippen LogP) is 2.82. The monoisotopic (exact) mass is 414 g/mol. The molecule has 1 aromatic rings. The summed E-state index contributed by atoms with van der Waals surface area (Å²) >= 11 is 0. The number of alkyl carbamates (subject to hydrolysis) is 1. The van der Waals surface area contributed by atoms with E-state index in [4.69, 9.17) is 14.2 Å². The van der Waals surface area contributed by atoms with Crippen LogP contribution in [0.5, 0.6) is 11.5 Å². The maximum atomic E-state index is 12.9. The van der Waals surface area contributed by atoms with Crippen molar-refractivity contribution in [2.75, 3.05) is 14.2 Å². The molecule has 0 unspecified atom stereocenters. The van der Waals surface area contributed by atoms with Crippen LogP contribution in [0.25, 0.3) is 0 Å². The molecule has 1 fully saturated rings. The second kappa shape index (κ2) is 9.00. The molecule has 1 aliphatic rings. The molecule has 0 aliphatic heterocycles. The van der Waals surface area contributed by atoms with E-state index in [1.807, 2.05) is 0 Å². The summed E-state index contributed by atoms with van der Waals surface area (Å²) in [6.45, 7) is 5.35. The van der Waals surface area contributed by atoms with Gasteiger partial charge in [0.2, 0.25) is 10.0 Å². The predicted molar refractivity (Wildman–Crippen MR) is 105 cm³/mol. The Kier molecular flexibility index (Phi) is 7.16. The summed E-state index contributed by atoms with van der Waals surface area (Å²) in [6.07, 6.45) is 2.56. The molecule has 1 amide bonds. The van der Waals surface area contributed by atoms with E-state index in [-0.39, 0.29) is 10.9 Å². The van der Waals surface area contributed by atoms with E-state index in [2.05, 4.69) is 10.0 Å². The van der Waals surface area contributed by atoms with Crippen molar-refractivity contribution in [1.29, 1.82) is 0 Å². The van der Waals surface area contributed by atoms with Gasteiger partial charge < -0.3 is 19.5 Å². The van der Waals surface area contributed by atoms with Gasteiger partial charge in [-0.05, 0) is 45.7 Å². The lowest BCUT2D eigenvalue weighted by Crippen LogP contribution is -2.53. The highest BCUT2D eigenvalue weighted by atomic mass is 32.2. The molecular weight excluding hydrogens is 384 g/mol. The van der Waals surface area contributed by atoms with Crippen molar-refractivity contribution in [2.45, 2.75) is 69.0 Å². The number of benzene rings is 1. The summed E-state index contributed by atoms with van der Waals surface area (Å²) in [6, 6.07) is 3.67. The van der Waals surface area contributed by atoms with E-state index < -0.39 is 27.8 Å². The molecule has 0 radical (unpaired) electrons. The minimum Gasteiger partial charge on any atom is -0.493 e. The molecule has 0 heterocycles. The fourth-order valence-electron chi connectivity index (χ4n) is 3.15. The van der Waals surface area contributed by atoms with Gasteiger partial charge in [-0.2, -0.15) is 0 Å². The van der Waals surface area contributed by atoms with Crippen LogP contribution in [0.2, 0.25) is 0 Å². The average Bonchev–Trinajstić information content (AvgIpc) is 2.61. The molecule has 1 aromatic carbocycles. The van der Waals surface area contributed by atoms with Crippen LogP contribution in [0.15, 0.2) is 23.1 Å². The van der Waals surface area contributed by atoms with Crippen molar-refractivity contribution in [1.82, 2.24) is 10.0 Å². The average molecular weight is 415 g/mol. The molecule has 0 aromatic heterocycles. The Labute approximate surface area is 167 Å². The fourth-order valence-corrected chi connectivity index (χ4v) is 4.48. The Morgan fingerprint density at radius 1 is 1.04 bits per heavy atom. The summed E-state index contributed by atoms with van der Waals surface area (Å²) in [5.74, 6) is 0.779. The Hall–Kier alpha value is -2.00. The molecule has 158 valence electrons. The maximum Gasteiger partial charge on any atom is 0.407 e. The lowest BCUT2D eigenvalue weighted by molar-refractivity contribution is 0.0483. The highest BCUT2D eigenvalue weighted by molar-refractivity contribution is 7.89. The standard InChI is InChI=1S/C19H30N2O6S/c1-19(2,3)27-18(22)20-14-8-6-7-9-15(14)21-28(23,24)13-10-11-16(25-4)17(12-13)26-5/h10-12,14-15,21H,6-9H2,1-5H3,(H,20,22)/t14-,15-/m1/s1. The minimum atomic E-state index is -3.80. The van der Waals surface area contributed by atoms with Crippen LogP contribution in [-0.2, 0) is 14.8 Å². The fraction of sp³-hybridized carbons (Fsp3) is 0.632. The molecule has 0 bridgehead atoms. The zero-order valence-corrected chi connectivity index (χ0v) is 17.9. The lowest BCUT2D eigenvalue weighted by atomic mass is 9.91. The second-order valence-electron chi connectivity index (χ2n) is 7.78. The van der Waals surface area contributed by atoms with Crippen molar-refractivity contribution in [2.24, 2.45) is 0 Å². The number of nitrogens with one attached hydrogen (secondary N) is 2. The van der Waals surface area contributed by atoms with Crippen LogP contribution in [0.3, 0.4) is 0 Å². The normalized spacial score (nSPS) is 20.3. The molecule has 2 atom stereocenters. The summed E-state index contributed by atoms with van der Waals surface area (Å²) in [5.41, 5.74) is -0.618. The van der Waals surface area contributed by atoms with Gasteiger partial charge in [0.25, 0.3) is 0 Å². The highest BCUT2D eigenvalue weighted by Gasteiger charge is 2.32. The van der Waals surface area contributed by atoms with Crippen LogP contribution >= 0.6 is 0 Å². The van der Waals surface area contributed by atoms with Gasteiger partial charge in [0.1, 0.15) is 5.60 Å². The number of sulfonamides is 1. The Bertz CT molecular complexity index is 788. The van der Waals surface area contributed by atoms with Crippen LogP contribution in [0, 0.1) is 0 Å². The summed E-state index contributed by atoms with van der Waals surface area (Å²) < 4.78 is 44.1. The Balaban J connectivity index is 2.15. The first-order valence-corrected chi connectivity index (χ1v) is 10.8. The molecule has 8 nitrogen and oxygen atoms in total. The third kappa shape index (κ3) is 6.00. The molecule has 1 saturated carbocycles. The molecule has 28 heavy (non-hydrogen) atoms. The van der Waals surface area contributed by atoms with Crippen molar-refractivity contribution < 1.29 is 27.4 Å². The number of amides is 1. The molecule has 2 N–H and O–H groups in total. The summed E-state index contributed by atoms with van der Waals surface area (Å²) in [4.78, 5) is 12.2. The third-order valence-corrected chi connectivity index (χ3v) is 5.93. The first-order chi connectivity index (χ1) is 13.1. The highest BCUT2D eigenvalue weighted by Crippen LogP contribution is 2.30. The quantitative estimate of drug-likeness (QED) is 0.742. The van der Waals surface area contributed by atoms with Crippen LogP contribution in [-0.4, -0.2) is 46.4 Å². The van der Waals surface area contributed by atoms with E-state index in [9.17, 15) is 13.2 Å². The van der Waals surface area contributed by atoms with E-state index >= 15 is 0 Å². The lowest BCUT2D eigenvalue weighted by Gasteiger charge is -2.33. The number of carbonyl (C=O) groups is 1. The van der Waals surface area contributed by atoms with E-state index in [0.717, 1.165) is 12.8 Å². The van der Waals surface area contributed by atoms with Crippen molar-refractivity contribution >= 4 is 16.1 Å². The number of rotatable bonds is 6. The van der Waals surface area contributed by atoms with Gasteiger partial charge >= 0.3 is 6.09 Å². The van der Waals surface area contributed by atoms with Crippen LogP contribution in [0.4, 0.5) is 4.79 Å². The maximum absolute atomic E-state index is 12.9. The van der Waals surface area contributed by atoms with Crippen molar-refractivity contribution in [3.63, 3.8) is 0 Å². The summed E-state index contributed by atoms with van der Waals surface area (Å²) in [5, 5.41) is 2.81. The zero-order chi connectivity index (χ0) is 20.9. The number of carbonyl (C=O) groups excluding carboxylic acids is 1. The first kappa shape index (κ1) is 22.3. The Morgan fingerprint density at radius 3 is 2.21 bits per heavy atom. The number of hydrogen-bond acceptors (Lipinski definition) is 6. The van der Waals surface area contributed by atoms with Gasteiger partial charge in [0.05, 0.1) is 19.1 Å². The molecule has 0 spiro atoms. The van der Waals surface area contributed by atoms with E-state index in [1.165, 1.54) is 26.4 Å². The second-order valence-corrected chi connectivity index (χ2v) is 9.50. The molecule has 2 rings (SSSR count). The minimum absolute atomic E-state index is 0.0757. The van der Waals surface area contributed by atoms with Crippen molar-refractivity contribution in [3.05, 3.63) is 18.2 Å². The van der Waals surface area contributed by atoms with Gasteiger partial charge in [0.15, 0.2) is 11.5 Å². The van der Waals surface area contributed by atoms with Gasteiger partial charge in [-0.3, -0.25) is 0 Å². The smallest absolute Gasteiger partial charge is 0.407 e. The van der Waals surface area contributed by atoms with Gasteiger partial charge in [-0.15, -0.1) is 0 Å². The van der Waals surface area contributed by atoms with E-state index in [1.54, 1.807) is 26.8 Å². The molecule has 0 saturated heterocycles. The van der Waals surface area contributed by atoms with Crippen LogP contribution in [0.1, 0.15) is 46.5 Å². The van der Waals surface area contributed by atoms with Gasteiger partial charge in [0, 0.05) is 18.2 Å². The number of ether oxygens (including phenoxy) is 3. The molecule has 9 heteroatoms. The topological polar surface area (TPSA) is 103 Å². The SMILES string of the molecule is COc1ccc(S(=O)(=O)N[C@@H]2CCCC[C@H]2NC(=O)OC(C)(C)C)cc1OC. The third-order valence-electron chi connectivity index (χ3n) is 4.44. The number of methoxy groups -OCH3 is 2. The molecule has 1 aliphatic carbocycles. The van der Waals surface area contributed by atoms with Crippen molar-refractivity contribution in [3.8, 4) is 11.5 Å². The molecular formula is C19H30N2O6S. The first-order valence-electron chi connectivity index (χ1n) is 9.29. The number of hydrogen-bond donors (Lipinski definition) is 2. The largest absolute Gasteiger partial charge is 0.493 e. The Morgan fingerprint density at radius 2 is 1.64 bits per heavy atom.